The van der Waals surface area contributed by atoms with Crippen molar-refractivity contribution in [2.75, 3.05) is 26.2 Å². The largest absolute Gasteiger partial charge is 0.504 e. The van der Waals surface area contributed by atoms with Crippen LogP contribution in [0.1, 0.15) is 95.5 Å². The lowest BCUT2D eigenvalue weighted by atomic mass is 9.47. The van der Waals surface area contributed by atoms with E-state index in [9.17, 15) is 20.4 Å². The summed E-state index contributed by atoms with van der Waals surface area (Å²) in [7, 11) is 0. The molecule has 4 aliphatic heterocycles. The fourth-order valence-electron chi connectivity index (χ4n) is 13.4. The van der Waals surface area contributed by atoms with E-state index in [-0.39, 0.29) is 36.0 Å². The maximum atomic E-state index is 13.5. The second-order valence-electron chi connectivity index (χ2n) is 17.8. The molecule has 9 nitrogen and oxygen atoms in total. The van der Waals surface area contributed by atoms with Crippen molar-refractivity contribution in [3.63, 3.8) is 0 Å². The zero-order valence-electron chi connectivity index (χ0n) is 28.1. The summed E-state index contributed by atoms with van der Waals surface area (Å²) in [4.78, 5) is 9.05. The SMILES string of the molecule is Cl.Oc1ccc2c3c1O[C@H]1c4[nH]c5c(c4CC4(O)C(C2)N(CC2CC2)CCC314)CC1(O)[C@H]2Cc3ccc(O)c4c3[C@@]1(CCN2CC1CC1)C5O4. The van der Waals surface area contributed by atoms with Crippen LogP contribution in [0.3, 0.4) is 0 Å². The summed E-state index contributed by atoms with van der Waals surface area (Å²) in [6.45, 7) is 3.84. The number of hydrogen-bond donors (Lipinski definition) is 5. The van der Waals surface area contributed by atoms with Crippen LogP contribution in [0.15, 0.2) is 24.3 Å². The predicted octanol–water partition coefficient (Wildman–Crippen LogP) is 4.25. The Morgan fingerprint density at radius 2 is 1.12 bits per heavy atom. The van der Waals surface area contributed by atoms with Gasteiger partial charge in [-0.2, -0.15) is 0 Å². The Labute approximate surface area is 297 Å². The minimum absolute atomic E-state index is 0. The predicted molar refractivity (Wildman–Crippen MR) is 184 cm³/mol. The van der Waals surface area contributed by atoms with Crippen LogP contribution in [-0.4, -0.2) is 84.7 Å². The lowest BCUT2D eigenvalue weighted by molar-refractivity contribution is -0.176. The summed E-state index contributed by atoms with van der Waals surface area (Å²) in [5, 5.41) is 49.4. The highest BCUT2D eigenvalue weighted by Gasteiger charge is 2.76. The molecule has 1 aromatic heterocycles. The van der Waals surface area contributed by atoms with Gasteiger partial charge in [0, 0.05) is 49.1 Å². The Morgan fingerprint density at radius 1 is 0.680 bits per heavy atom. The van der Waals surface area contributed by atoms with Gasteiger partial charge in [-0.1, -0.05) is 12.1 Å². The van der Waals surface area contributed by atoms with Gasteiger partial charge in [-0.25, -0.2) is 0 Å². The van der Waals surface area contributed by atoms with E-state index in [2.05, 4.69) is 26.9 Å². The summed E-state index contributed by atoms with van der Waals surface area (Å²) in [5.41, 5.74) is 4.93. The van der Waals surface area contributed by atoms with Crippen molar-refractivity contribution in [1.29, 1.82) is 0 Å². The van der Waals surface area contributed by atoms with Gasteiger partial charge in [-0.3, -0.25) is 9.80 Å². The number of nitrogens with zero attached hydrogens (tertiary/aromatic N) is 2. The van der Waals surface area contributed by atoms with Crippen LogP contribution in [0.2, 0.25) is 0 Å². The van der Waals surface area contributed by atoms with Gasteiger partial charge in [0.1, 0.15) is 0 Å². The van der Waals surface area contributed by atoms with Crippen molar-refractivity contribution < 1.29 is 29.9 Å². The molecule has 6 aliphatic carbocycles. The standard InChI is InChI=1S/C40H43N3O6.ClH/c44-25-7-5-21-13-27-39(46)15-23-24-16-40(47)28-14-22-6-8-26(45)34-30(22)38(40,10-12-43(28)18-20-3-4-20)36(49-34)32(24)41-31(23)35-37(39,29(21)33(25)48-35)9-11-42(27)17-19-1-2-19;/h5-8,19-20,27-28,35-36,41,44-47H,1-4,9-18H2;1H/t27-,28?,35?,36+,37+,38?,39?,40?;/m1./s1. The number of aromatic hydroxyl groups is 2. The molecular weight excluding hydrogens is 654 g/mol. The summed E-state index contributed by atoms with van der Waals surface area (Å²) >= 11 is 0. The number of aromatic amines is 1. The Balaban J connectivity index is 0.00000286. The second-order valence-corrected chi connectivity index (χ2v) is 17.8. The number of aliphatic hydroxyl groups is 2. The number of hydrogen-bond acceptors (Lipinski definition) is 8. The average Bonchev–Trinajstić information content (AvgIpc) is 3.98. The van der Waals surface area contributed by atoms with E-state index in [4.69, 9.17) is 9.47 Å². The molecule has 8 atom stereocenters. The molecule has 10 aliphatic rings. The summed E-state index contributed by atoms with van der Waals surface area (Å²) < 4.78 is 13.9. The number of halogens is 1. The number of phenols is 2. The minimum atomic E-state index is -1.09. The van der Waals surface area contributed by atoms with Crippen molar-refractivity contribution in [1.82, 2.24) is 14.8 Å². The monoisotopic (exact) mass is 697 g/mol. The fourth-order valence-corrected chi connectivity index (χ4v) is 13.4. The molecule has 4 fully saturated rings. The minimum Gasteiger partial charge on any atom is -0.504 e. The van der Waals surface area contributed by atoms with Crippen molar-refractivity contribution in [3.8, 4) is 23.0 Å². The normalized spacial score (nSPS) is 40.5. The van der Waals surface area contributed by atoms with Crippen LogP contribution in [0, 0.1) is 11.8 Å². The van der Waals surface area contributed by atoms with Gasteiger partial charge in [0.2, 0.25) is 0 Å². The van der Waals surface area contributed by atoms with E-state index < -0.39 is 34.2 Å². The van der Waals surface area contributed by atoms with E-state index in [0.29, 0.717) is 36.2 Å². The number of phenolic OH excluding ortho intramolecular Hbond substituents is 2. The highest BCUT2D eigenvalue weighted by Crippen LogP contribution is 2.72. The molecule has 5 heterocycles. The van der Waals surface area contributed by atoms with Crippen molar-refractivity contribution in [2.24, 2.45) is 11.8 Å². The second kappa shape index (κ2) is 8.97. The quantitative estimate of drug-likeness (QED) is 0.275. The first-order valence-corrected chi connectivity index (χ1v) is 19.0. The lowest BCUT2D eigenvalue weighted by Crippen LogP contribution is -2.75. The Bertz CT molecular complexity index is 1920. The van der Waals surface area contributed by atoms with Gasteiger partial charge in [0.05, 0.1) is 33.4 Å². The molecule has 262 valence electrons. The molecule has 0 amide bonds. The molecule has 2 saturated carbocycles. The first kappa shape index (κ1) is 29.6. The highest BCUT2D eigenvalue weighted by atomic mass is 35.5. The van der Waals surface area contributed by atoms with Gasteiger partial charge in [0.15, 0.2) is 35.2 Å². The molecule has 10 heteroatoms. The molecule has 2 spiro atoms. The number of benzene rings is 2. The van der Waals surface area contributed by atoms with E-state index in [0.717, 1.165) is 85.5 Å². The van der Waals surface area contributed by atoms with Crippen LogP contribution in [0.5, 0.6) is 23.0 Å². The summed E-state index contributed by atoms with van der Waals surface area (Å²) in [6, 6.07) is 7.56. The van der Waals surface area contributed by atoms with Crippen molar-refractivity contribution in [2.45, 2.75) is 111 Å². The fraction of sp³-hybridized carbons (Fsp3) is 0.600. The van der Waals surface area contributed by atoms with Gasteiger partial charge in [0.25, 0.3) is 0 Å². The van der Waals surface area contributed by atoms with Gasteiger partial charge in [-0.15, -0.1) is 12.4 Å². The van der Waals surface area contributed by atoms with E-state index in [1.165, 1.54) is 36.8 Å². The molecule has 0 radical (unpaired) electrons. The number of nitrogens with one attached hydrogen (secondary N) is 1. The Morgan fingerprint density at radius 3 is 1.54 bits per heavy atom. The molecule has 50 heavy (non-hydrogen) atoms. The third-order valence-corrected chi connectivity index (χ3v) is 15.7. The average molecular weight is 698 g/mol. The maximum absolute atomic E-state index is 13.5. The van der Waals surface area contributed by atoms with Gasteiger partial charge >= 0.3 is 0 Å². The third kappa shape index (κ3) is 3.06. The zero-order chi connectivity index (χ0) is 32.4. The van der Waals surface area contributed by atoms with E-state index in [1.807, 2.05) is 0 Å². The molecule has 2 saturated heterocycles. The summed E-state index contributed by atoms with van der Waals surface area (Å²) in [6.07, 6.45) is 8.06. The van der Waals surface area contributed by atoms with Crippen molar-refractivity contribution >= 4 is 12.4 Å². The number of fused-ring (bicyclic) bond motifs is 5. The summed E-state index contributed by atoms with van der Waals surface area (Å²) in [5.74, 6) is 2.77. The molecule has 3 aromatic rings. The van der Waals surface area contributed by atoms with Crippen LogP contribution in [0.4, 0.5) is 0 Å². The third-order valence-electron chi connectivity index (χ3n) is 15.7. The molecular formula is C40H44ClN3O6. The molecule has 5 unspecified atom stereocenters. The molecule has 2 aromatic carbocycles. The number of rotatable bonds is 4. The van der Waals surface area contributed by atoms with Gasteiger partial charge < -0.3 is 34.9 Å². The molecule has 13 rings (SSSR count). The number of piperidine rings is 2. The Kier molecular flexibility index (Phi) is 5.31. The number of aromatic nitrogens is 1. The van der Waals surface area contributed by atoms with Crippen LogP contribution < -0.4 is 9.47 Å². The first-order chi connectivity index (χ1) is 23.7. The lowest BCUT2D eigenvalue weighted by Gasteiger charge is -2.63. The highest BCUT2D eigenvalue weighted by molar-refractivity contribution is 5.85. The molecule has 4 bridgehead atoms. The Hall–Kier alpha value is -2.95. The van der Waals surface area contributed by atoms with Crippen LogP contribution in [0.25, 0.3) is 0 Å². The number of likely N-dealkylation sites (tertiary alicyclic amines) is 2. The number of H-pyrrole nitrogens is 1. The van der Waals surface area contributed by atoms with E-state index in [1.54, 1.807) is 12.1 Å². The molecule has 5 N–H and O–H groups in total. The zero-order valence-corrected chi connectivity index (χ0v) is 28.9. The van der Waals surface area contributed by atoms with E-state index >= 15 is 0 Å². The maximum Gasteiger partial charge on any atom is 0.166 e. The topological polar surface area (TPSA) is 122 Å². The van der Waals surface area contributed by atoms with Crippen LogP contribution >= 0.6 is 12.4 Å². The first-order valence-electron chi connectivity index (χ1n) is 19.0. The van der Waals surface area contributed by atoms with Crippen molar-refractivity contribution in [3.05, 3.63) is 69.0 Å². The van der Waals surface area contributed by atoms with Gasteiger partial charge in [-0.05, 0) is 111 Å². The number of ether oxygens (including phenoxy) is 2. The van der Waals surface area contributed by atoms with Crippen LogP contribution in [-0.2, 0) is 36.5 Å². The smallest absolute Gasteiger partial charge is 0.166 e.